The third-order valence-electron chi connectivity index (χ3n) is 10.5. The van der Waals surface area contributed by atoms with Gasteiger partial charge in [0, 0.05) is 47.3 Å². The van der Waals surface area contributed by atoms with E-state index in [1.54, 1.807) is 0 Å². The van der Waals surface area contributed by atoms with E-state index in [-0.39, 0.29) is 18.5 Å². The number of nitrogens with zero attached hydrogens (tertiary/aromatic N) is 3. The molecule has 4 aliphatic rings. The van der Waals surface area contributed by atoms with Crippen LogP contribution in [0.4, 0.5) is 4.79 Å². The van der Waals surface area contributed by atoms with Crippen LogP contribution >= 0.6 is 35.6 Å². The van der Waals surface area contributed by atoms with E-state index in [4.69, 9.17) is 27.9 Å². The number of nitrogens with one attached hydrogen (secondary N) is 1. The van der Waals surface area contributed by atoms with Gasteiger partial charge in [0.15, 0.2) is 0 Å². The third kappa shape index (κ3) is 12.1. The van der Waals surface area contributed by atoms with Crippen LogP contribution in [0.1, 0.15) is 96.1 Å². The summed E-state index contributed by atoms with van der Waals surface area (Å²) in [7, 11) is 0. The zero-order valence-corrected chi connectivity index (χ0v) is 31.8. The van der Waals surface area contributed by atoms with Crippen molar-refractivity contribution in [3.05, 3.63) is 69.7 Å². The van der Waals surface area contributed by atoms with Crippen molar-refractivity contribution in [1.29, 1.82) is 0 Å². The Labute approximate surface area is 306 Å². The van der Waals surface area contributed by atoms with Crippen molar-refractivity contribution in [2.75, 3.05) is 39.3 Å². The summed E-state index contributed by atoms with van der Waals surface area (Å²) in [4.78, 5) is 19.7. The molecule has 0 bridgehead atoms. The fraction of sp³-hybridized carbons (Fsp3) is 0.667. The van der Waals surface area contributed by atoms with E-state index in [2.05, 4.69) is 39.4 Å². The lowest BCUT2D eigenvalue weighted by Gasteiger charge is -2.45. The Balaban J connectivity index is 0.000000221. The SMILES string of the molecule is CC(C)(C)OC(=O)N1CCC(N2CCCCC2Cc2ccc(Cl)cc2)CC1.Cl.Clc1ccc(CC2CCCCN2C2CCNCC2)cc1. The molecular formula is C39H59Cl3N4O2. The number of piperidine rings is 4. The van der Waals surface area contributed by atoms with Crippen molar-refractivity contribution in [2.24, 2.45) is 0 Å². The van der Waals surface area contributed by atoms with Gasteiger partial charge in [-0.25, -0.2) is 4.79 Å². The third-order valence-corrected chi connectivity index (χ3v) is 11.0. The second-order valence-corrected chi connectivity index (χ2v) is 16.0. The number of hydrogen-bond donors (Lipinski definition) is 1. The van der Waals surface area contributed by atoms with Gasteiger partial charge in [0.1, 0.15) is 5.60 Å². The van der Waals surface area contributed by atoms with E-state index in [1.165, 1.54) is 95.1 Å². The van der Waals surface area contributed by atoms with Crippen molar-refractivity contribution < 1.29 is 9.53 Å². The molecule has 4 fully saturated rings. The molecule has 0 radical (unpaired) electrons. The number of benzene rings is 2. The zero-order valence-electron chi connectivity index (χ0n) is 29.5. The molecule has 2 aromatic rings. The second kappa shape index (κ2) is 19.2. The fourth-order valence-electron chi connectivity index (χ4n) is 8.08. The molecule has 0 saturated carbocycles. The quantitative estimate of drug-likeness (QED) is 0.323. The highest BCUT2D eigenvalue weighted by Crippen LogP contribution is 2.29. The molecule has 4 aliphatic heterocycles. The Morgan fingerprint density at radius 2 is 1.12 bits per heavy atom. The van der Waals surface area contributed by atoms with Crippen LogP contribution in [0, 0.1) is 0 Å². The van der Waals surface area contributed by atoms with Gasteiger partial charge in [0.2, 0.25) is 0 Å². The van der Waals surface area contributed by atoms with Crippen molar-refractivity contribution >= 4 is 41.7 Å². The lowest BCUT2D eigenvalue weighted by Crippen LogP contribution is -2.52. The van der Waals surface area contributed by atoms with Crippen LogP contribution in [-0.4, -0.2) is 89.8 Å². The Kier molecular flexibility index (Phi) is 15.7. The molecular weight excluding hydrogens is 663 g/mol. The maximum Gasteiger partial charge on any atom is 0.410 e. The zero-order chi connectivity index (χ0) is 33.2. The molecule has 0 spiro atoms. The molecule has 268 valence electrons. The Morgan fingerprint density at radius 3 is 1.56 bits per heavy atom. The first-order chi connectivity index (χ1) is 22.6. The predicted molar refractivity (Wildman–Crippen MR) is 203 cm³/mol. The molecule has 4 saturated heterocycles. The molecule has 6 rings (SSSR count). The van der Waals surface area contributed by atoms with E-state index >= 15 is 0 Å². The smallest absolute Gasteiger partial charge is 0.410 e. The van der Waals surface area contributed by atoms with Crippen LogP contribution in [0.2, 0.25) is 10.0 Å². The monoisotopic (exact) mass is 720 g/mol. The van der Waals surface area contributed by atoms with Crippen molar-refractivity contribution in [1.82, 2.24) is 20.0 Å². The molecule has 2 atom stereocenters. The van der Waals surface area contributed by atoms with Gasteiger partial charge < -0.3 is 15.0 Å². The lowest BCUT2D eigenvalue weighted by atomic mass is 9.91. The molecule has 48 heavy (non-hydrogen) atoms. The van der Waals surface area contributed by atoms with E-state index in [1.807, 2.05) is 49.9 Å². The number of likely N-dealkylation sites (tertiary alicyclic amines) is 3. The summed E-state index contributed by atoms with van der Waals surface area (Å²) in [6, 6.07) is 19.4. The van der Waals surface area contributed by atoms with Gasteiger partial charge in [-0.1, -0.05) is 60.3 Å². The average Bonchev–Trinajstić information content (AvgIpc) is 3.07. The van der Waals surface area contributed by atoms with Crippen molar-refractivity contribution in [3.8, 4) is 0 Å². The average molecular weight is 722 g/mol. The van der Waals surface area contributed by atoms with Gasteiger partial charge >= 0.3 is 6.09 Å². The van der Waals surface area contributed by atoms with Crippen LogP contribution in [0.5, 0.6) is 0 Å². The van der Waals surface area contributed by atoms with Gasteiger partial charge in [0.05, 0.1) is 0 Å². The largest absolute Gasteiger partial charge is 0.444 e. The summed E-state index contributed by atoms with van der Waals surface area (Å²) in [6.45, 7) is 12.2. The first kappa shape index (κ1) is 39.2. The van der Waals surface area contributed by atoms with Crippen LogP contribution in [0.3, 0.4) is 0 Å². The van der Waals surface area contributed by atoms with Crippen LogP contribution < -0.4 is 5.32 Å². The fourth-order valence-corrected chi connectivity index (χ4v) is 8.33. The summed E-state index contributed by atoms with van der Waals surface area (Å²) in [6.07, 6.45) is 14.8. The molecule has 6 nitrogen and oxygen atoms in total. The second-order valence-electron chi connectivity index (χ2n) is 15.1. The minimum atomic E-state index is -0.426. The van der Waals surface area contributed by atoms with E-state index in [0.717, 1.165) is 54.5 Å². The summed E-state index contributed by atoms with van der Waals surface area (Å²) in [5, 5.41) is 5.12. The number of rotatable bonds is 6. The highest BCUT2D eigenvalue weighted by Gasteiger charge is 2.34. The lowest BCUT2D eigenvalue weighted by molar-refractivity contribution is 0.00718. The Bertz CT molecular complexity index is 1230. The summed E-state index contributed by atoms with van der Waals surface area (Å²) in [5.74, 6) is 0. The van der Waals surface area contributed by atoms with E-state index < -0.39 is 5.60 Å². The maximum absolute atomic E-state index is 12.3. The summed E-state index contributed by atoms with van der Waals surface area (Å²) < 4.78 is 5.53. The first-order valence-corrected chi connectivity index (χ1v) is 19.1. The molecule has 0 aliphatic carbocycles. The van der Waals surface area contributed by atoms with E-state index in [0.29, 0.717) is 12.1 Å². The van der Waals surface area contributed by atoms with Gasteiger partial charge in [-0.3, -0.25) is 9.80 Å². The van der Waals surface area contributed by atoms with Gasteiger partial charge in [-0.15, -0.1) is 12.4 Å². The molecule has 2 aromatic carbocycles. The Morgan fingerprint density at radius 1 is 0.688 bits per heavy atom. The number of halogens is 3. The van der Waals surface area contributed by atoms with Gasteiger partial charge in [-0.2, -0.15) is 0 Å². The van der Waals surface area contributed by atoms with E-state index in [9.17, 15) is 4.79 Å². The molecule has 1 N–H and O–H groups in total. The highest BCUT2D eigenvalue weighted by atomic mass is 35.5. The van der Waals surface area contributed by atoms with Crippen LogP contribution in [0.25, 0.3) is 0 Å². The number of hydrogen-bond acceptors (Lipinski definition) is 5. The molecule has 4 heterocycles. The summed E-state index contributed by atoms with van der Waals surface area (Å²) in [5.41, 5.74) is 2.37. The number of carbonyl (C=O) groups excluding carboxylic acids is 1. The van der Waals surface area contributed by atoms with Crippen LogP contribution in [-0.2, 0) is 17.6 Å². The molecule has 2 unspecified atom stereocenters. The van der Waals surface area contributed by atoms with Gasteiger partial charge in [-0.05, 0) is 147 Å². The number of carbonyl (C=O) groups is 1. The minimum Gasteiger partial charge on any atom is -0.444 e. The minimum absolute atomic E-state index is 0. The molecule has 0 aromatic heterocycles. The normalized spacial score (nSPS) is 23.5. The van der Waals surface area contributed by atoms with Crippen molar-refractivity contribution in [3.63, 3.8) is 0 Å². The molecule has 1 amide bonds. The first-order valence-electron chi connectivity index (χ1n) is 18.3. The number of amides is 1. The summed E-state index contributed by atoms with van der Waals surface area (Å²) >= 11 is 12.0. The van der Waals surface area contributed by atoms with Gasteiger partial charge in [0.25, 0.3) is 0 Å². The topological polar surface area (TPSA) is 48.1 Å². The van der Waals surface area contributed by atoms with Crippen LogP contribution in [0.15, 0.2) is 48.5 Å². The Hall–Kier alpha value is -1.54. The predicted octanol–water partition coefficient (Wildman–Crippen LogP) is 9.05. The van der Waals surface area contributed by atoms with Crippen molar-refractivity contribution in [2.45, 2.75) is 128 Å². The molecule has 9 heteroatoms. The maximum atomic E-state index is 12.3. The number of ether oxygens (including phenoxy) is 1. The highest BCUT2D eigenvalue weighted by molar-refractivity contribution is 6.30. The standard InChI is InChI=1S/C22H33ClN2O2.C17H25ClN2.ClH/c1-22(2,3)27-21(26)24-14-11-19(12-15-24)25-13-5-4-6-20(25)16-17-7-9-18(23)10-8-17;18-15-6-4-14(5-7-15)13-17-3-1-2-12-20(17)16-8-10-19-11-9-16;/h7-10,19-20H,4-6,11-16H2,1-3H3;4-7,16-17,19H,1-3,8-13H2;1H.